The second-order valence-corrected chi connectivity index (χ2v) is 7.19. The minimum atomic E-state index is -3.40. The summed E-state index contributed by atoms with van der Waals surface area (Å²) in [5, 5.41) is 2.80. The Balaban J connectivity index is 2.16. The van der Waals surface area contributed by atoms with Crippen LogP contribution in [0.3, 0.4) is 0 Å². The lowest BCUT2D eigenvalue weighted by Crippen LogP contribution is -2.27. The maximum Gasteiger partial charge on any atom is 0.270 e. The van der Waals surface area contributed by atoms with Gasteiger partial charge < -0.3 is 9.88 Å². The number of nitrogens with zero attached hydrogens (tertiary/aromatic N) is 2. The largest absolute Gasteiger partial charge is 0.351 e. The fraction of sp³-hybridized carbons (Fsp3) is 0.333. The average molecular weight is 319 g/mol. The van der Waals surface area contributed by atoms with Crippen LogP contribution < -0.4 is 5.32 Å². The van der Waals surface area contributed by atoms with Crippen LogP contribution >= 0.6 is 0 Å². The van der Waals surface area contributed by atoms with Crippen LogP contribution in [0.4, 0.5) is 0 Å². The first-order chi connectivity index (χ1) is 10.5. The molecule has 0 radical (unpaired) electrons. The lowest BCUT2D eigenvalue weighted by Gasteiger charge is -2.08. The summed E-state index contributed by atoms with van der Waals surface area (Å²) in [5.74, 6) is -0.282. The highest BCUT2D eigenvalue weighted by Gasteiger charge is 2.35. The molecule has 0 aliphatic carbocycles. The molecule has 0 atom stereocenters. The Morgan fingerprint density at radius 2 is 2.05 bits per heavy atom. The Bertz CT molecular complexity index is 810. The molecule has 0 saturated heterocycles. The van der Waals surface area contributed by atoms with E-state index in [0.29, 0.717) is 17.9 Å². The number of carbonyl (C=O) groups is 1. The number of hydrogen-bond acceptors (Lipinski definition) is 4. The summed E-state index contributed by atoms with van der Waals surface area (Å²) in [6.45, 7) is 2.77. The van der Waals surface area contributed by atoms with Crippen molar-refractivity contribution in [3.05, 3.63) is 36.0 Å². The number of hydrogen-bond donors (Lipinski definition) is 1. The molecule has 22 heavy (non-hydrogen) atoms. The summed E-state index contributed by atoms with van der Waals surface area (Å²) < 4.78 is 25.7. The summed E-state index contributed by atoms with van der Waals surface area (Å²) in [6, 6.07) is 9.17. The van der Waals surface area contributed by atoms with Crippen LogP contribution in [-0.4, -0.2) is 36.2 Å². The van der Waals surface area contributed by atoms with Crippen LogP contribution in [0.2, 0.25) is 0 Å². The average Bonchev–Trinajstić information content (AvgIpc) is 3.04. The van der Waals surface area contributed by atoms with Gasteiger partial charge >= 0.3 is 0 Å². The number of sulfone groups is 1. The van der Waals surface area contributed by atoms with Gasteiger partial charge in [0.15, 0.2) is 0 Å². The quantitative estimate of drug-likeness (QED) is 0.925. The van der Waals surface area contributed by atoms with Crippen LogP contribution in [-0.2, 0) is 16.4 Å². The number of benzene rings is 1. The van der Waals surface area contributed by atoms with Crippen LogP contribution in [0, 0.1) is 0 Å². The monoisotopic (exact) mass is 319 g/mol. The fourth-order valence-electron chi connectivity index (χ4n) is 2.53. The fourth-order valence-corrected chi connectivity index (χ4v) is 3.88. The zero-order chi connectivity index (χ0) is 15.7. The van der Waals surface area contributed by atoms with Gasteiger partial charge in [-0.05, 0) is 6.42 Å². The molecule has 1 aromatic heterocycles. The maximum atomic E-state index is 12.5. The number of carbonyl (C=O) groups excluding carboxylic acids is 1. The van der Waals surface area contributed by atoms with E-state index < -0.39 is 9.84 Å². The number of aromatic nitrogens is 2. The predicted octanol–water partition coefficient (Wildman–Crippen LogP) is 1.48. The molecule has 1 N–H and O–H groups in total. The van der Waals surface area contributed by atoms with E-state index in [2.05, 4.69) is 10.3 Å². The van der Waals surface area contributed by atoms with Gasteiger partial charge in [0.1, 0.15) is 11.4 Å². The Labute approximate surface area is 129 Å². The predicted molar refractivity (Wildman–Crippen MR) is 82.3 cm³/mol. The number of nitrogens with one attached hydrogen (secondary N) is 1. The summed E-state index contributed by atoms with van der Waals surface area (Å²) in [6.07, 6.45) is 0.811. The normalized spacial score (nSPS) is 15.5. The highest BCUT2D eigenvalue weighted by molar-refractivity contribution is 7.91. The number of rotatable bonds is 4. The second kappa shape index (κ2) is 5.57. The first kappa shape index (κ1) is 14.8. The lowest BCUT2D eigenvalue weighted by molar-refractivity contribution is 0.0944. The molecule has 0 spiro atoms. The van der Waals surface area contributed by atoms with Crippen LogP contribution in [0.1, 0.15) is 23.8 Å². The van der Waals surface area contributed by atoms with Crippen molar-refractivity contribution in [2.75, 3.05) is 12.3 Å². The second-order valence-electron chi connectivity index (χ2n) is 5.18. The molecule has 116 valence electrons. The van der Waals surface area contributed by atoms with Crippen molar-refractivity contribution in [1.82, 2.24) is 14.9 Å². The molecular weight excluding hydrogens is 302 g/mol. The van der Waals surface area contributed by atoms with E-state index in [1.807, 2.05) is 37.3 Å². The summed E-state index contributed by atoms with van der Waals surface area (Å²) in [7, 11) is -3.40. The van der Waals surface area contributed by atoms with Gasteiger partial charge in [0.05, 0.1) is 5.75 Å². The molecule has 1 aromatic carbocycles. The van der Waals surface area contributed by atoms with Crippen molar-refractivity contribution in [3.63, 3.8) is 0 Å². The Morgan fingerprint density at radius 3 is 2.73 bits per heavy atom. The topological polar surface area (TPSA) is 81.1 Å². The standard InChI is InChI=1S/C15H17N3O3S/c1-2-8-16-14(19)13-12(11-6-4-3-5-7-11)17-15-18(13)9-10-22(15,20)21/h3-7H,2,8-10H2,1H3,(H,16,19). The molecule has 1 amide bonds. The molecule has 1 aliphatic heterocycles. The van der Waals surface area contributed by atoms with Crippen molar-refractivity contribution in [2.24, 2.45) is 0 Å². The van der Waals surface area contributed by atoms with E-state index >= 15 is 0 Å². The Kier molecular flexibility index (Phi) is 3.74. The third-order valence-corrected chi connectivity index (χ3v) is 5.18. The zero-order valence-corrected chi connectivity index (χ0v) is 13.1. The van der Waals surface area contributed by atoms with Gasteiger partial charge in [-0.2, -0.15) is 0 Å². The van der Waals surface area contributed by atoms with Gasteiger partial charge in [0, 0.05) is 18.7 Å². The van der Waals surface area contributed by atoms with Crippen molar-refractivity contribution in [1.29, 1.82) is 0 Å². The Morgan fingerprint density at radius 1 is 1.32 bits per heavy atom. The number of amides is 1. The molecule has 0 bridgehead atoms. The van der Waals surface area contributed by atoms with Crippen LogP contribution in [0.25, 0.3) is 11.3 Å². The zero-order valence-electron chi connectivity index (χ0n) is 12.2. The minimum Gasteiger partial charge on any atom is -0.351 e. The van der Waals surface area contributed by atoms with E-state index in [9.17, 15) is 13.2 Å². The van der Waals surface area contributed by atoms with Gasteiger partial charge in [0.2, 0.25) is 15.0 Å². The molecular formula is C15H17N3O3S. The Hall–Kier alpha value is -2.15. The molecule has 2 heterocycles. The van der Waals surface area contributed by atoms with Crippen molar-refractivity contribution in [2.45, 2.75) is 25.0 Å². The summed E-state index contributed by atoms with van der Waals surface area (Å²) >= 11 is 0. The van der Waals surface area contributed by atoms with E-state index in [-0.39, 0.29) is 23.4 Å². The van der Waals surface area contributed by atoms with E-state index in [0.717, 1.165) is 12.0 Å². The number of fused-ring (bicyclic) bond motifs is 1. The first-order valence-corrected chi connectivity index (χ1v) is 8.86. The van der Waals surface area contributed by atoms with Gasteiger partial charge in [0.25, 0.3) is 5.91 Å². The van der Waals surface area contributed by atoms with Gasteiger partial charge in [-0.3, -0.25) is 4.79 Å². The third kappa shape index (κ3) is 2.41. The summed E-state index contributed by atoms with van der Waals surface area (Å²) in [4.78, 5) is 16.7. The highest BCUT2D eigenvalue weighted by atomic mass is 32.2. The van der Waals surface area contributed by atoms with Crippen molar-refractivity contribution < 1.29 is 13.2 Å². The molecule has 3 rings (SSSR count). The van der Waals surface area contributed by atoms with Crippen LogP contribution in [0.5, 0.6) is 0 Å². The van der Waals surface area contributed by atoms with Crippen molar-refractivity contribution in [3.8, 4) is 11.3 Å². The maximum absolute atomic E-state index is 12.5. The molecule has 7 heteroatoms. The molecule has 0 fully saturated rings. The molecule has 0 saturated carbocycles. The summed E-state index contributed by atoms with van der Waals surface area (Å²) in [5.41, 5.74) is 1.49. The van der Waals surface area contributed by atoms with Gasteiger partial charge in [-0.25, -0.2) is 13.4 Å². The van der Waals surface area contributed by atoms with Gasteiger partial charge in [-0.15, -0.1) is 0 Å². The highest BCUT2D eigenvalue weighted by Crippen LogP contribution is 2.30. The molecule has 0 unspecified atom stereocenters. The molecule has 6 nitrogen and oxygen atoms in total. The van der Waals surface area contributed by atoms with Gasteiger partial charge in [-0.1, -0.05) is 37.3 Å². The smallest absolute Gasteiger partial charge is 0.270 e. The molecule has 2 aromatic rings. The first-order valence-electron chi connectivity index (χ1n) is 7.21. The third-order valence-electron chi connectivity index (χ3n) is 3.59. The lowest BCUT2D eigenvalue weighted by atomic mass is 10.1. The molecule has 1 aliphatic rings. The SMILES string of the molecule is CCCNC(=O)c1c(-c2ccccc2)nc2n1CCS2(=O)=O. The minimum absolute atomic E-state index is 0.00153. The van der Waals surface area contributed by atoms with E-state index in [1.165, 1.54) is 4.57 Å². The van der Waals surface area contributed by atoms with Crippen molar-refractivity contribution >= 4 is 15.7 Å². The van der Waals surface area contributed by atoms with E-state index in [1.54, 1.807) is 0 Å². The number of imidazole rings is 1. The van der Waals surface area contributed by atoms with E-state index in [4.69, 9.17) is 0 Å². The van der Waals surface area contributed by atoms with Crippen LogP contribution in [0.15, 0.2) is 35.5 Å².